The quantitative estimate of drug-likeness (QED) is 0.604. The number of aryl methyl sites for hydroxylation is 1. The molecule has 3 nitrogen and oxygen atoms in total. The molecule has 0 spiro atoms. The summed E-state index contributed by atoms with van der Waals surface area (Å²) in [5, 5.41) is 2.89. The molecule has 1 aromatic carbocycles. The lowest BCUT2D eigenvalue weighted by molar-refractivity contribution is 0.168. The zero-order valence-electron chi connectivity index (χ0n) is 13.6. The Hall–Kier alpha value is -1.55. The summed E-state index contributed by atoms with van der Waals surface area (Å²) in [5.41, 5.74) is 1.28. The summed E-state index contributed by atoms with van der Waals surface area (Å²) in [6.45, 7) is 7.01. The number of amides is 1. The number of hydrogen-bond acceptors (Lipinski definition) is 2. The second kappa shape index (κ2) is 8.67. The average Bonchev–Trinajstić information content (AvgIpc) is 2.44. The largest absolute Gasteiger partial charge is 0.453 e. The lowest BCUT2D eigenvalue weighted by Crippen LogP contribution is -2.33. The number of carbonyl (C=O) groups excluding carboxylic acids is 1. The van der Waals surface area contributed by atoms with Gasteiger partial charge in [0, 0.05) is 8.07 Å². The van der Waals surface area contributed by atoms with E-state index in [0.717, 1.165) is 18.9 Å². The van der Waals surface area contributed by atoms with Crippen molar-refractivity contribution in [3.8, 4) is 0 Å². The fraction of sp³-hybridized carbons (Fsp3) is 0.471. The highest BCUT2D eigenvalue weighted by molar-refractivity contribution is 6.76. The Morgan fingerprint density at radius 2 is 1.95 bits per heavy atom. The minimum atomic E-state index is -1.09. The number of nitrogens with one attached hydrogen (secondary N) is 1. The van der Waals surface area contributed by atoms with E-state index in [1.165, 1.54) is 12.7 Å². The summed E-state index contributed by atoms with van der Waals surface area (Å²) in [7, 11) is 0.308. The Kier molecular flexibility index (Phi) is 7.23. The summed E-state index contributed by atoms with van der Waals surface area (Å²) in [5.74, 6) is 0. The molecule has 0 saturated carbocycles. The van der Waals surface area contributed by atoms with E-state index in [1.54, 1.807) is 0 Å². The molecule has 1 unspecified atom stereocenters. The van der Waals surface area contributed by atoms with Gasteiger partial charge in [-0.05, 0) is 24.4 Å². The second-order valence-corrected chi connectivity index (χ2v) is 12.0. The highest BCUT2D eigenvalue weighted by Crippen LogP contribution is 2.11. The molecule has 1 aromatic rings. The third-order valence-corrected chi connectivity index (χ3v) is 4.63. The van der Waals surface area contributed by atoms with Gasteiger partial charge in [-0.2, -0.15) is 0 Å². The van der Waals surface area contributed by atoms with E-state index < -0.39 is 8.07 Å². The Balaban J connectivity index is 2.57. The molecule has 1 N–H and O–H groups in total. The van der Waals surface area contributed by atoms with Crippen LogP contribution in [0.1, 0.15) is 12.0 Å². The zero-order valence-corrected chi connectivity index (χ0v) is 14.6. The normalized spacial score (nSPS) is 13.1. The number of methoxy groups -OCH3 is 1. The first-order valence-corrected chi connectivity index (χ1v) is 11.2. The van der Waals surface area contributed by atoms with Crippen LogP contribution in [0.25, 0.3) is 0 Å². The number of allylic oxidation sites excluding steroid dienone is 1. The average molecular weight is 305 g/mol. The first kappa shape index (κ1) is 17.5. The molecule has 0 aliphatic rings. The van der Waals surface area contributed by atoms with Gasteiger partial charge < -0.3 is 10.1 Å². The molecule has 1 amide bonds. The monoisotopic (exact) mass is 305 g/mol. The van der Waals surface area contributed by atoms with Crippen molar-refractivity contribution < 1.29 is 9.53 Å². The van der Waals surface area contributed by atoms with Gasteiger partial charge in [0.05, 0.1) is 13.2 Å². The Labute approximate surface area is 129 Å². The van der Waals surface area contributed by atoms with Gasteiger partial charge in [0.1, 0.15) is 0 Å². The maximum atomic E-state index is 11.4. The lowest BCUT2D eigenvalue weighted by Gasteiger charge is -2.16. The fourth-order valence-corrected chi connectivity index (χ4v) is 2.82. The molecule has 0 fully saturated rings. The molecular formula is C17H27NO2Si. The number of alkyl carbamates (subject to hydrolysis) is 1. The van der Waals surface area contributed by atoms with Crippen LogP contribution in [0.3, 0.4) is 0 Å². The molecule has 116 valence electrons. The van der Waals surface area contributed by atoms with E-state index in [9.17, 15) is 4.79 Å². The predicted molar refractivity (Wildman–Crippen MR) is 91.4 cm³/mol. The summed E-state index contributed by atoms with van der Waals surface area (Å²) in [6, 6.07) is 11.5. The van der Waals surface area contributed by atoms with Gasteiger partial charge in [-0.1, -0.05) is 62.1 Å². The Bertz CT molecular complexity index is 452. The Morgan fingerprint density at radius 1 is 1.29 bits per heavy atom. The number of hydrogen-bond donors (Lipinski definition) is 1. The molecule has 0 heterocycles. The van der Waals surface area contributed by atoms with Crippen LogP contribution in [0.2, 0.25) is 25.7 Å². The molecule has 1 rings (SSSR count). The first-order valence-electron chi connectivity index (χ1n) is 7.46. The van der Waals surface area contributed by atoms with Gasteiger partial charge in [-0.15, -0.1) is 0 Å². The summed E-state index contributed by atoms with van der Waals surface area (Å²) in [4.78, 5) is 11.4. The molecule has 0 aliphatic carbocycles. The topological polar surface area (TPSA) is 38.3 Å². The fourth-order valence-electron chi connectivity index (χ4n) is 1.98. The zero-order chi connectivity index (χ0) is 15.7. The summed E-state index contributed by atoms with van der Waals surface area (Å²) >= 11 is 0. The number of ether oxygens (including phenoxy) is 1. The van der Waals surface area contributed by atoms with E-state index in [-0.39, 0.29) is 12.1 Å². The van der Waals surface area contributed by atoms with Crippen molar-refractivity contribution in [3.05, 3.63) is 48.0 Å². The molecule has 0 aliphatic heterocycles. The lowest BCUT2D eigenvalue weighted by atomic mass is 10.1. The van der Waals surface area contributed by atoms with E-state index >= 15 is 0 Å². The number of benzene rings is 1. The molecular weight excluding hydrogens is 278 g/mol. The van der Waals surface area contributed by atoms with Crippen molar-refractivity contribution in [2.45, 2.75) is 44.6 Å². The van der Waals surface area contributed by atoms with Crippen LogP contribution >= 0.6 is 0 Å². The molecule has 0 bridgehead atoms. The first-order chi connectivity index (χ1) is 9.90. The molecule has 0 radical (unpaired) electrons. The molecule has 1 atom stereocenters. The van der Waals surface area contributed by atoms with Crippen molar-refractivity contribution >= 4 is 14.2 Å². The van der Waals surface area contributed by atoms with E-state index in [4.69, 9.17) is 4.74 Å². The minimum absolute atomic E-state index is 0.0222. The Morgan fingerprint density at radius 3 is 2.52 bits per heavy atom. The minimum Gasteiger partial charge on any atom is -0.453 e. The van der Waals surface area contributed by atoms with Gasteiger partial charge in [-0.25, -0.2) is 4.79 Å². The molecule has 21 heavy (non-hydrogen) atoms. The number of rotatable bonds is 7. The van der Waals surface area contributed by atoms with Gasteiger partial charge in [0.15, 0.2) is 0 Å². The molecule has 0 aromatic heterocycles. The maximum absolute atomic E-state index is 11.4. The smallest absolute Gasteiger partial charge is 0.407 e. The van der Waals surface area contributed by atoms with Gasteiger partial charge >= 0.3 is 6.09 Å². The van der Waals surface area contributed by atoms with Crippen molar-refractivity contribution in [2.24, 2.45) is 0 Å². The third kappa shape index (κ3) is 8.35. The van der Waals surface area contributed by atoms with Crippen molar-refractivity contribution in [3.63, 3.8) is 0 Å². The summed E-state index contributed by atoms with van der Waals surface area (Å²) < 4.78 is 4.70. The van der Waals surface area contributed by atoms with Crippen LogP contribution in [0.4, 0.5) is 4.79 Å². The van der Waals surface area contributed by atoms with E-state index in [1.807, 2.05) is 18.2 Å². The van der Waals surface area contributed by atoms with Gasteiger partial charge in [0.25, 0.3) is 0 Å². The highest BCUT2D eigenvalue weighted by atomic mass is 28.3. The number of carbonyl (C=O) groups is 1. The van der Waals surface area contributed by atoms with Crippen LogP contribution in [0.15, 0.2) is 42.5 Å². The SMILES string of the molecule is COC(=O)NC(/C=C/C[Si](C)(C)C)CCc1ccccc1. The third-order valence-electron chi connectivity index (χ3n) is 3.17. The van der Waals surface area contributed by atoms with Crippen LogP contribution in [-0.4, -0.2) is 27.3 Å². The van der Waals surface area contributed by atoms with Crippen LogP contribution < -0.4 is 5.32 Å². The molecule has 4 heteroatoms. The standard InChI is InChI=1S/C17H27NO2Si/c1-20-17(19)18-16(11-8-14-21(2,3)4)13-12-15-9-6-5-7-10-15/h5-11,16H,12-14H2,1-4H3,(H,18,19)/b11-8+. The maximum Gasteiger partial charge on any atom is 0.407 e. The predicted octanol–water partition coefficient (Wildman–Crippen LogP) is 4.24. The highest BCUT2D eigenvalue weighted by Gasteiger charge is 2.12. The van der Waals surface area contributed by atoms with Gasteiger partial charge in [0.2, 0.25) is 0 Å². The summed E-state index contributed by atoms with van der Waals surface area (Å²) in [6.07, 6.45) is 5.76. The van der Waals surface area contributed by atoms with E-state index in [0.29, 0.717) is 0 Å². The van der Waals surface area contributed by atoms with E-state index in [2.05, 4.69) is 49.2 Å². The van der Waals surface area contributed by atoms with Crippen molar-refractivity contribution in [1.29, 1.82) is 0 Å². The van der Waals surface area contributed by atoms with Crippen LogP contribution in [-0.2, 0) is 11.2 Å². The van der Waals surface area contributed by atoms with Crippen LogP contribution in [0.5, 0.6) is 0 Å². The van der Waals surface area contributed by atoms with Gasteiger partial charge in [-0.3, -0.25) is 0 Å². The van der Waals surface area contributed by atoms with Crippen LogP contribution in [0, 0.1) is 0 Å². The van der Waals surface area contributed by atoms with Crippen molar-refractivity contribution in [2.75, 3.05) is 7.11 Å². The second-order valence-electron chi connectivity index (χ2n) is 6.46. The molecule has 0 saturated heterocycles. The van der Waals surface area contributed by atoms with Crippen molar-refractivity contribution in [1.82, 2.24) is 5.32 Å².